The first-order valence-electron chi connectivity index (χ1n) is 10.2. The van der Waals surface area contributed by atoms with Crippen LogP contribution in [0.15, 0.2) is 70.1 Å². The van der Waals surface area contributed by atoms with Gasteiger partial charge in [-0.3, -0.25) is 9.36 Å². The molecule has 0 N–H and O–H groups in total. The van der Waals surface area contributed by atoms with E-state index in [0.29, 0.717) is 37.7 Å². The van der Waals surface area contributed by atoms with Gasteiger partial charge in [0.25, 0.3) is 5.56 Å². The van der Waals surface area contributed by atoms with E-state index in [1.54, 1.807) is 48.5 Å². The van der Waals surface area contributed by atoms with Crippen molar-refractivity contribution < 1.29 is 13.2 Å². The van der Waals surface area contributed by atoms with Crippen molar-refractivity contribution in [2.45, 2.75) is 19.5 Å². The number of halogens is 5. The van der Waals surface area contributed by atoms with Crippen molar-refractivity contribution in [3.05, 3.63) is 109 Å². The van der Waals surface area contributed by atoms with Gasteiger partial charge in [0.2, 0.25) is 0 Å². The highest BCUT2D eigenvalue weighted by atomic mass is 79.9. The zero-order valence-electron chi connectivity index (χ0n) is 18.1. The van der Waals surface area contributed by atoms with E-state index in [4.69, 9.17) is 16.9 Å². The minimum atomic E-state index is -4.56. The van der Waals surface area contributed by atoms with Crippen LogP contribution in [0.25, 0.3) is 16.9 Å². The van der Waals surface area contributed by atoms with E-state index >= 15 is 0 Å². The summed E-state index contributed by atoms with van der Waals surface area (Å²) in [6, 6.07) is 17.5. The van der Waals surface area contributed by atoms with Crippen molar-refractivity contribution in [1.29, 1.82) is 5.26 Å². The third kappa shape index (κ3) is 5.14. The predicted octanol–water partition coefficient (Wildman–Crippen LogP) is 6.50. The first kappa shape index (κ1) is 24.6. The van der Waals surface area contributed by atoms with E-state index in [-0.39, 0.29) is 17.8 Å². The van der Waals surface area contributed by atoms with Crippen LogP contribution in [0.4, 0.5) is 13.2 Å². The van der Waals surface area contributed by atoms with Crippen molar-refractivity contribution in [3.8, 4) is 23.0 Å². The number of hydrogen-bond acceptors (Lipinski definition) is 4. The van der Waals surface area contributed by atoms with Crippen molar-refractivity contribution in [3.63, 3.8) is 0 Å². The maximum absolute atomic E-state index is 13.7. The summed E-state index contributed by atoms with van der Waals surface area (Å²) in [7, 11) is 0. The Morgan fingerprint density at radius 1 is 1.03 bits per heavy atom. The normalized spacial score (nSPS) is 11.3. The average molecular weight is 560 g/mol. The fourth-order valence-electron chi connectivity index (χ4n) is 3.56. The lowest BCUT2D eigenvalue weighted by molar-refractivity contribution is -0.141. The fraction of sp³-hybridized carbons (Fsp3) is 0.120. The standard InChI is InChI=1S/C25H15BrClF3N4O/c1-14-17(6-11-21(32-14)25(28,29)30)12-20-24(35)34(19-9-2-15(13-31)3-10-19)22(23(26)33-20)16-4-7-18(27)8-5-16/h2-11H,12H2,1H3. The Kier molecular flexibility index (Phi) is 6.79. The summed E-state index contributed by atoms with van der Waals surface area (Å²) < 4.78 is 40.8. The smallest absolute Gasteiger partial charge is 0.273 e. The van der Waals surface area contributed by atoms with E-state index < -0.39 is 17.4 Å². The third-order valence-corrected chi connectivity index (χ3v) is 6.12. The Labute approximate surface area is 211 Å². The molecule has 2 aromatic heterocycles. The van der Waals surface area contributed by atoms with Gasteiger partial charge in [-0.1, -0.05) is 29.8 Å². The zero-order chi connectivity index (χ0) is 25.3. The number of hydrogen-bond donors (Lipinski definition) is 0. The van der Waals surface area contributed by atoms with E-state index in [1.807, 2.05) is 6.07 Å². The van der Waals surface area contributed by atoms with Gasteiger partial charge in [0.15, 0.2) is 0 Å². The van der Waals surface area contributed by atoms with Crippen LogP contribution in [0.2, 0.25) is 5.02 Å². The van der Waals surface area contributed by atoms with Crippen LogP contribution >= 0.6 is 27.5 Å². The lowest BCUT2D eigenvalue weighted by Crippen LogP contribution is -2.26. The molecule has 0 amide bonds. The summed E-state index contributed by atoms with van der Waals surface area (Å²) in [4.78, 5) is 21.8. The number of rotatable bonds is 4. The van der Waals surface area contributed by atoms with Crippen LogP contribution in [0.3, 0.4) is 0 Å². The number of nitrogens with zero attached hydrogens (tertiary/aromatic N) is 4. The van der Waals surface area contributed by atoms with Crippen LogP contribution in [-0.2, 0) is 12.6 Å². The van der Waals surface area contributed by atoms with Gasteiger partial charge < -0.3 is 0 Å². The SMILES string of the molecule is Cc1nc(C(F)(F)F)ccc1Cc1nc(Br)c(-c2ccc(Cl)cc2)n(-c2ccc(C#N)cc2)c1=O. The Morgan fingerprint density at radius 3 is 2.26 bits per heavy atom. The first-order chi connectivity index (χ1) is 16.6. The molecule has 0 radical (unpaired) electrons. The van der Waals surface area contributed by atoms with Gasteiger partial charge in [-0.2, -0.15) is 18.4 Å². The van der Waals surface area contributed by atoms with Crippen LogP contribution in [0.5, 0.6) is 0 Å². The number of aromatic nitrogens is 3. The molecule has 0 bridgehead atoms. The molecule has 0 spiro atoms. The molecule has 35 heavy (non-hydrogen) atoms. The molecule has 10 heteroatoms. The fourth-order valence-corrected chi connectivity index (χ4v) is 4.31. The molecule has 2 aromatic carbocycles. The lowest BCUT2D eigenvalue weighted by atomic mass is 10.1. The Morgan fingerprint density at radius 2 is 1.69 bits per heavy atom. The predicted molar refractivity (Wildman–Crippen MR) is 129 cm³/mol. The molecule has 4 aromatic rings. The number of pyridine rings is 1. The molecule has 0 aliphatic rings. The quantitative estimate of drug-likeness (QED) is 0.286. The average Bonchev–Trinajstić information content (AvgIpc) is 2.82. The number of benzene rings is 2. The topological polar surface area (TPSA) is 71.6 Å². The first-order valence-corrected chi connectivity index (χ1v) is 11.4. The van der Waals surface area contributed by atoms with Crippen LogP contribution in [0, 0.1) is 18.3 Å². The maximum atomic E-state index is 13.7. The van der Waals surface area contributed by atoms with Crippen molar-refractivity contribution in [2.75, 3.05) is 0 Å². The minimum absolute atomic E-state index is 0.0222. The zero-order valence-corrected chi connectivity index (χ0v) is 20.4. The molecule has 0 fully saturated rings. The second-order valence-corrected chi connectivity index (χ2v) is 8.81. The van der Waals surface area contributed by atoms with Gasteiger partial charge in [0.1, 0.15) is 16.0 Å². The molecule has 0 saturated carbocycles. The highest BCUT2D eigenvalue weighted by Crippen LogP contribution is 2.31. The van der Waals surface area contributed by atoms with Crippen molar-refractivity contribution >= 4 is 27.5 Å². The molecule has 176 valence electrons. The van der Waals surface area contributed by atoms with Crippen LogP contribution < -0.4 is 5.56 Å². The molecular formula is C25H15BrClF3N4O. The van der Waals surface area contributed by atoms with E-state index in [1.165, 1.54) is 17.6 Å². The second-order valence-electron chi connectivity index (χ2n) is 7.62. The molecular weight excluding hydrogens is 545 g/mol. The van der Waals surface area contributed by atoms with E-state index in [0.717, 1.165) is 6.07 Å². The summed E-state index contributed by atoms with van der Waals surface area (Å²) in [6.07, 6.45) is -4.58. The number of alkyl halides is 3. The molecule has 0 aliphatic carbocycles. The van der Waals surface area contributed by atoms with Crippen LogP contribution in [0.1, 0.15) is 28.2 Å². The van der Waals surface area contributed by atoms with Gasteiger partial charge in [0.05, 0.1) is 17.3 Å². The summed E-state index contributed by atoms with van der Waals surface area (Å²) in [6.45, 7) is 1.46. The molecule has 0 aliphatic heterocycles. The molecule has 0 unspecified atom stereocenters. The van der Waals surface area contributed by atoms with Gasteiger partial charge >= 0.3 is 6.18 Å². The van der Waals surface area contributed by atoms with Gasteiger partial charge in [-0.25, -0.2) is 9.97 Å². The van der Waals surface area contributed by atoms with Gasteiger partial charge in [-0.15, -0.1) is 0 Å². The summed E-state index contributed by atoms with van der Waals surface area (Å²) in [5.74, 6) is 0. The Hall–Kier alpha value is -3.48. The van der Waals surface area contributed by atoms with Crippen molar-refractivity contribution in [1.82, 2.24) is 14.5 Å². The monoisotopic (exact) mass is 558 g/mol. The maximum Gasteiger partial charge on any atom is 0.433 e. The number of aryl methyl sites for hydroxylation is 1. The third-order valence-electron chi connectivity index (χ3n) is 5.32. The van der Waals surface area contributed by atoms with Gasteiger partial charge in [-0.05, 0) is 70.9 Å². The molecule has 5 nitrogen and oxygen atoms in total. The summed E-state index contributed by atoms with van der Waals surface area (Å²) in [5, 5.41) is 9.66. The molecule has 4 rings (SSSR count). The van der Waals surface area contributed by atoms with E-state index in [9.17, 15) is 18.0 Å². The van der Waals surface area contributed by atoms with Crippen molar-refractivity contribution in [2.24, 2.45) is 0 Å². The minimum Gasteiger partial charge on any atom is -0.273 e. The Bertz CT molecular complexity index is 1510. The summed E-state index contributed by atoms with van der Waals surface area (Å²) >= 11 is 9.49. The number of nitriles is 1. The molecule has 2 heterocycles. The Balaban J connectivity index is 1.89. The largest absolute Gasteiger partial charge is 0.433 e. The highest BCUT2D eigenvalue weighted by Gasteiger charge is 2.32. The molecule has 0 atom stereocenters. The van der Waals surface area contributed by atoms with Gasteiger partial charge in [0, 0.05) is 28.4 Å². The second kappa shape index (κ2) is 9.64. The molecule has 0 saturated heterocycles. The summed E-state index contributed by atoms with van der Waals surface area (Å²) in [5.41, 5.74) is 1.30. The highest BCUT2D eigenvalue weighted by molar-refractivity contribution is 9.10. The van der Waals surface area contributed by atoms with Crippen LogP contribution in [-0.4, -0.2) is 14.5 Å². The lowest BCUT2D eigenvalue weighted by Gasteiger charge is -2.17. The van der Waals surface area contributed by atoms with E-state index in [2.05, 4.69) is 25.9 Å².